The predicted molar refractivity (Wildman–Crippen MR) is 75.9 cm³/mol. The lowest BCUT2D eigenvalue weighted by atomic mass is 10.2. The van der Waals surface area contributed by atoms with Crippen molar-refractivity contribution in [3.05, 3.63) is 29.8 Å². The third-order valence-corrected chi connectivity index (χ3v) is 2.91. The molecule has 2 N–H and O–H groups in total. The third-order valence-electron chi connectivity index (χ3n) is 2.91. The van der Waals surface area contributed by atoms with E-state index in [0.29, 0.717) is 13.1 Å². The van der Waals surface area contributed by atoms with E-state index in [4.69, 9.17) is 10.2 Å². The van der Waals surface area contributed by atoms with Gasteiger partial charge in [0.05, 0.1) is 6.42 Å². The van der Waals surface area contributed by atoms with E-state index in [1.54, 1.807) is 11.9 Å². The van der Waals surface area contributed by atoms with E-state index < -0.39 is 11.9 Å². The number of carboxylic acids is 2. The van der Waals surface area contributed by atoms with Gasteiger partial charge in [0, 0.05) is 25.8 Å². The molecule has 0 aliphatic carbocycles. The molecule has 1 aromatic rings. The van der Waals surface area contributed by atoms with Crippen molar-refractivity contribution >= 4 is 17.6 Å². The Labute approximate surface area is 118 Å². The first-order chi connectivity index (χ1) is 9.38. The van der Waals surface area contributed by atoms with E-state index in [0.717, 1.165) is 11.3 Å². The Kier molecular flexibility index (Phi) is 5.99. The van der Waals surface area contributed by atoms with Crippen molar-refractivity contribution in [3.8, 4) is 0 Å². The fourth-order valence-corrected chi connectivity index (χ4v) is 1.83. The summed E-state index contributed by atoms with van der Waals surface area (Å²) < 4.78 is 0. The first-order valence-corrected chi connectivity index (χ1v) is 6.30. The number of hydrogen-bond donors (Lipinski definition) is 2. The average Bonchev–Trinajstić information content (AvgIpc) is 2.36. The zero-order valence-corrected chi connectivity index (χ0v) is 11.7. The summed E-state index contributed by atoms with van der Waals surface area (Å²) in [6, 6.07) is 7.57. The molecule has 0 unspecified atom stereocenters. The van der Waals surface area contributed by atoms with E-state index in [9.17, 15) is 9.59 Å². The standard InChI is InChI=1S/C14H20N2O4/c1-15(8-7-13(17)18)9-11-3-5-12(6-4-11)16(2)10-14(19)20/h3-6H,7-10H2,1-2H3,(H,17,18)(H,19,20). The van der Waals surface area contributed by atoms with Crippen LogP contribution in [0.15, 0.2) is 24.3 Å². The molecule has 0 spiro atoms. The molecular formula is C14H20N2O4. The van der Waals surface area contributed by atoms with Crippen LogP contribution in [-0.4, -0.2) is 54.2 Å². The quantitative estimate of drug-likeness (QED) is 0.742. The molecule has 110 valence electrons. The van der Waals surface area contributed by atoms with Crippen LogP contribution in [0.1, 0.15) is 12.0 Å². The van der Waals surface area contributed by atoms with Gasteiger partial charge in [0.15, 0.2) is 0 Å². The molecule has 1 aromatic carbocycles. The van der Waals surface area contributed by atoms with Gasteiger partial charge >= 0.3 is 11.9 Å². The summed E-state index contributed by atoms with van der Waals surface area (Å²) >= 11 is 0. The number of carboxylic acid groups (broad SMARTS) is 2. The molecule has 0 radical (unpaired) electrons. The highest BCUT2D eigenvalue weighted by atomic mass is 16.4. The van der Waals surface area contributed by atoms with Gasteiger partial charge in [-0.1, -0.05) is 12.1 Å². The molecule has 6 nitrogen and oxygen atoms in total. The van der Waals surface area contributed by atoms with E-state index in [2.05, 4.69) is 0 Å². The smallest absolute Gasteiger partial charge is 0.323 e. The summed E-state index contributed by atoms with van der Waals surface area (Å²) in [6.07, 6.45) is 0.121. The maximum absolute atomic E-state index is 10.6. The fraction of sp³-hybridized carbons (Fsp3) is 0.429. The average molecular weight is 280 g/mol. The Morgan fingerprint density at radius 2 is 1.65 bits per heavy atom. The van der Waals surface area contributed by atoms with Crippen molar-refractivity contribution in [3.63, 3.8) is 0 Å². The largest absolute Gasteiger partial charge is 0.481 e. The van der Waals surface area contributed by atoms with Gasteiger partial charge in [-0.05, 0) is 24.7 Å². The zero-order valence-electron chi connectivity index (χ0n) is 11.7. The molecule has 0 aromatic heterocycles. The summed E-state index contributed by atoms with van der Waals surface area (Å²) in [4.78, 5) is 24.7. The van der Waals surface area contributed by atoms with Crippen molar-refractivity contribution < 1.29 is 19.8 Å². The van der Waals surface area contributed by atoms with Crippen LogP contribution in [0.5, 0.6) is 0 Å². The van der Waals surface area contributed by atoms with Crippen LogP contribution in [-0.2, 0) is 16.1 Å². The number of nitrogens with zero attached hydrogens (tertiary/aromatic N) is 2. The molecule has 0 amide bonds. The van der Waals surface area contributed by atoms with Crippen LogP contribution in [0.3, 0.4) is 0 Å². The minimum absolute atomic E-state index is 0.0438. The zero-order chi connectivity index (χ0) is 15.1. The third kappa shape index (κ3) is 5.71. The molecule has 0 heterocycles. The number of aliphatic carboxylic acids is 2. The van der Waals surface area contributed by atoms with Crippen LogP contribution in [0.25, 0.3) is 0 Å². The minimum atomic E-state index is -0.870. The number of rotatable bonds is 8. The Morgan fingerprint density at radius 3 is 2.15 bits per heavy atom. The molecule has 1 rings (SSSR count). The van der Waals surface area contributed by atoms with E-state index in [-0.39, 0.29) is 13.0 Å². The number of anilines is 1. The van der Waals surface area contributed by atoms with Crippen LogP contribution < -0.4 is 4.90 Å². The lowest BCUT2D eigenvalue weighted by Crippen LogP contribution is -2.25. The van der Waals surface area contributed by atoms with Gasteiger partial charge in [0.25, 0.3) is 0 Å². The van der Waals surface area contributed by atoms with Gasteiger partial charge in [0.2, 0.25) is 0 Å². The van der Waals surface area contributed by atoms with Crippen LogP contribution in [0.4, 0.5) is 5.69 Å². The van der Waals surface area contributed by atoms with E-state index in [1.807, 2.05) is 36.2 Å². The molecule has 0 aliphatic rings. The molecule has 0 saturated carbocycles. The molecule has 0 atom stereocenters. The second kappa shape index (κ2) is 7.49. The second-order valence-electron chi connectivity index (χ2n) is 4.80. The molecule has 0 fully saturated rings. The summed E-state index contributed by atoms with van der Waals surface area (Å²) in [7, 11) is 3.59. The number of hydrogen-bond acceptors (Lipinski definition) is 4. The van der Waals surface area contributed by atoms with E-state index >= 15 is 0 Å². The lowest BCUT2D eigenvalue weighted by molar-refractivity contribution is -0.137. The predicted octanol–water partition coefficient (Wildman–Crippen LogP) is 1.11. The number of likely N-dealkylation sites (N-methyl/N-ethyl adjacent to an activating group) is 1. The van der Waals surface area contributed by atoms with E-state index in [1.165, 1.54) is 0 Å². The highest BCUT2D eigenvalue weighted by molar-refractivity contribution is 5.73. The number of benzene rings is 1. The summed E-state index contributed by atoms with van der Waals surface area (Å²) in [5, 5.41) is 17.3. The van der Waals surface area contributed by atoms with Gasteiger partial charge in [-0.25, -0.2) is 0 Å². The van der Waals surface area contributed by atoms with Crippen molar-refractivity contribution in [1.29, 1.82) is 0 Å². The maximum Gasteiger partial charge on any atom is 0.323 e. The number of carbonyl (C=O) groups is 2. The van der Waals surface area contributed by atoms with Gasteiger partial charge in [0.1, 0.15) is 6.54 Å². The van der Waals surface area contributed by atoms with Crippen LogP contribution in [0.2, 0.25) is 0 Å². The van der Waals surface area contributed by atoms with Crippen molar-refractivity contribution in [2.75, 3.05) is 32.1 Å². The van der Waals surface area contributed by atoms with Crippen molar-refractivity contribution in [1.82, 2.24) is 4.90 Å². The van der Waals surface area contributed by atoms with Crippen LogP contribution >= 0.6 is 0 Å². The Balaban J connectivity index is 2.53. The van der Waals surface area contributed by atoms with Gasteiger partial charge in [-0.2, -0.15) is 0 Å². The van der Waals surface area contributed by atoms with Gasteiger partial charge in [-0.15, -0.1) is 0 Å². The first kappa shape index (κ1) is 16.0. The fourth-order valence-electron chi connectivity index (χ4n) is 1.83. The molecule has 0 saturated heterocycles. The van der Waals surface area contributed by atoms with Crippen LogP contribution in [0, 0.1) is 0 Å². The summed E-state index contributed by atoms with van der Waals surface area (Å²) in [5.41, 5.74) is 1.90. The Bertz CT molecular complexity index is 459. The lowest BCUT2D eigenvalue weighted by Gasteiger charge is -2.18. The maximum atomic E-state index is 10.6. The highest BCUT2D eigenvalue weighted by Gasteiger charge is 2.07. The molecular weight excluding hydrogens is 260 g/mol. The summed E-state index contributed by atoms with van der Waals surface area (Å²) in [5.74, 6) is -1.67. The van der Waals surface area contributed by atoms with Gasteiger partial charge in [-0.3, -0.25) is 9.59 Å². The monoisotopic (exact) mass is 280 g/mol. The summed E-state index contributed by atoms with van der Waals surface area (Å²) in [6.45, 7) is 1.12. The molecule has 6 heteroatoms. The molecule has 0 aliphatic heterocycles. The Hall–Kier alpha value is -2.08. The minimum Gasteiger partial charge on any atom is -0.481 e. The second-order valence-corrected chi connectivity index (χ2v) is 4.80. The molecule has 20 heavy (non-hydrogen) atoms. The topological polar surface area (TPSA) is 81.1 Å². The Morgan fingerprint density at radius 1 is 1.05 bits per heavy atom. The normalized spacial score (nSPS) is 10.6. The SMILES string of the molecule is CN(CCC(=O)O)Cc1ccc(N(C)CC(=O)O)cc1. The van der Waals surface area contributed by atoms with Gasteiger partial charge < -0.3 is 20.0 Å². The molecule has 0 bridgehead atoms. The van der Waals surface area contributed by atoms with Crippen molar-refractivity contribution in [2.45, 2.75) is 13.0 Å². The first-order valence-electron chi connectivity index (χ1n) is 6.30. The highest BCUT2D eigenvalue weighted by Crippen LogP contribution is 2.14. The van der Waals surface area contributed by atoms with Crippen molar-refractivity contribution in [2.24, 2.45) is 0 Å².